The van der Waals surface area contributed by atoms with Gasteiger partial charge in [-0.05, 0) is 49.7 Å². The lowest BCUT2D eigenvalue weighted by Crippen LogP contribution is -2.52. The predicted octanol–water partition coefficient (Wildman–Crippen LogP) is 3.14. The highest BCUT2D eigenvalue weighted by atomic mass is 35.5. The van der Waals surface area contributed by atoms with Gasteiger partial charge in [-0.3, -0.25) is 14.5 Å². The summed E-state index contributed by atoms with van der Waals surface area (Å²) >= 11 is 7.41. The first-order valence-electron chi connectivity index (χ1n) is 9.62. The van der Waals surface area contributed by atoms with Crippen molar-refractivity contribution in [2.45, 2.75) is 18.9 Å². The van der Waals surface area contributed by atoms with E-state index in [2.05, 4.69) is 9.88 Å². The highest BCUT2D eigenvalue weighted by Crippen LogP contribution is 2.36. The number of thioether (sulfide) groups is 1. The van der Waals surface area contributed by atoms with Crippen LogP contribution in [0.3, 0.4) is 0 Å². The molecule has 29 heavy (non-hydrogen) atoms. The summed E-state index contributed by atoms with van der Waals surface area (Å²) in [6.45, 7) is 6.77. The summed E-state index contributed by atoms with van der Waals surface area (Å²) in [4.78, 5) is 35.8. The fourth-order valence-corrected chi connectivity index (χ4v) is 4.98. The van der Waals surface area contributed by atoms with Crippen molar-refractivity contribution in [3.8, 4) is 0 Å². The van der Waals surface area contributed by atoms with E-state index in [9.17, 15) is 9.59 Å². The molecule has 2 aromatic rings. The summed E-state index contributed by atoms with van der Waals surface area (Å²) in [5.74, 6) is 0.261. The van der Waals surface area contributed by atoms with E-state index in [-0.39, 0.29) is 18.4 Å². The number of rotatable bonds is 3. The molecule has 1 saturated heterocycles. The first-order valence-corrected chi connectivity index (χ1v) is 11.0. The zero-order chi connectivity index (χ0) is 20.5. The van der Waals surface area contributed by atoms with Crippen molar-refractivity contribution in [2.75, 3.05) is 48.3 Å². The summed E-state index contributed by atoms with van der Waals surface area (Å²) in [5.41, 5.74) is 3.79. The number of anilines is 2. The van der Waals surface area contributed by atoms with E-state index >= 15 is 0 Å². The second-order valence-corrected chi connectivity index (χ2v) is 8.75. The third-order valence-electron chi connectivity index (χ3n) is 5.30. The van der Waals surface area contributed by atoms with Crippen LogP contribution >= 0.6 is 23.4 Å². The highest BCUT2D eigenvalue weighted by Gasteiger charge is 2.31. The molecule has 1 aromatic heterocycles. The number of hydrogen-bond acceptors (Lipinski definition) is 5. The van der Waals surface area contributed by atoms with Crippen LogP contribution in [0.4, 0.5) is 11.4 Å². The maximum absolute atomic E-state index is 13.0. The van der Waals surface area contributed by atoms with Crippen LogP contribution in [0.1, 0.15) is 11.3 Å². The molecular weight excluding hydrogens is 408 g/mol. The van der Waals surface area contributed by atoms with Gasteiger partial charge in [-0.1, -0.05) is 23.4 Å². The molecule has 2 amide bonds. The number of fused-ring (bicyclic) bond motifs is 1. The number of carbonyl (C=O) groups excluding carboxylic acids is 2. The molecule has 0 saturated carbocycles. The van der Waals surface area contributed by atoms with E-state index < -0.39 is 0 Å². The number of nitrogens with zero attached hydrogens (tertiary/aromatic N) is 4. The van der Waals surface area contributed by atoms with Crippen molar-refractivity contribution < 1.29 is 9.59 Å². The molecule has 1 fully saturated rings. The topological polar surface area (TPSA) is 56.8 Å². The normalized spacial score (nSPS) is 16.8. The summed E-state index contributed by atoms with van der Waals surface area (Å²) in [5, 5.41) is 1.55. The van der Waals surface area contributed by atoms with Gasteiger partial charge in [0.2, 0.25) is 11.8 Å². The molecule has 0 spiro atoms. The van der Waals surface area contributed by atoms with Gasteiger partial charge in [0.1, 0.15) is 11.6 Å². The monoisotopic (exact) mass is 430 g/mol. The number of carbonyl (C=O) groups is 2. The van der Waals surface area contributed by atoms with Gasteiger partial charge in [0, 0.05) is 42.6 Å². The van der Waals surface area contributed by atoms with E-state index in [1.807, 2.05) is 49.1 Å². The van der Waals surface area contributed by atoms with Gasteiger partial charge in [-0.2, -0.15) is 0 Å². The smallest absolute Gasteiger partial charge is 0.242 e. The van der Waals surface area contributed by atoms with Gasteiger partial charge >= 0.3 is 0 Å². The minimum atomic E-state index is -0.0376. The van der Waals surface area contributed by atoms with Crippen LogP contribution in [-0.2, 0) is 9.59 Å². The van der Waals surface area contributed by atoms with Crippen molar-refractivity contribution >= 4 is 46.6 Å². The Kier molecular flexibility index (Phi) is 5.69. The van der Waals surface area contributed by atoms with Crippen molar-refractivity contribution in [1.82, 2.24) is 9.88 Å². The fraction of sp³-hybridized carbons (Fsp3) is 0.381. The van der Waals surface area contributed by atoms with Gasteiger partial charge in [0.05, 0.1) is 11.4 Å². The summed E-state index contributed by atoms with van der Waals surface area (Å²) in [7, 11) is 0. The quantitative estimate of drug-likeness (QED) is 0.748. The molecule has 0 unspecified atom stereocenters. The minimum Gasteiger partial charge on any atom is -0.368 e. The lowest BCUT2D eigenvalue weighted by atomic mass is 10.2. The third-order valence-corrected chi connectivity index (χ3v) is 6.50. The first-order chi connectivity index (χ1) is 13.9. The Morgan fingerprint density at radius 1 is 1.14 bits per heavy atom. The number of pyridine rings is 1. The van der Waals surface area contributed by atoms with Crippen LogP contribution in [0.15, 0.2) is 35.4 Å². The number of benzene rings is 1. The maximum Gasteiger partial charge on any atom is 0.242 e. The fourth-order valence-electron chi connectivity index (χ4n) is 3.83. The van der Waals surface area contributed by atoms with Crippen molar-refractivity contribution in [3.05, 3.63) is 46.6 Å². The molecule has 2 aliphatic heterocycles. The Bertz CT molecular complexity index is 942. The molecule has 2 aliphatic rings. The van der Waals surface area contributed by atoms with Gasteiger partial charge in [-0.15, -0.1) is 0 Å². The molecule has 0 radical (unpaired) electrons. The van der Waals surface area contributed by atoms with Gasteiger partial charge < -0.3 is 9.80 Å². The Morgan fingerprint density at radius 3 is 2.52 bits per heavy atom. The second-order valence-electron chi connectivity index (χ2n) is 7.35. The van der Waals surface area contributed by atoms with Gasteiger partial charge in [-0.25, -0.2) is 4.98 Å². The number of hydrogen-bond donors (Lipinski definition) is 0. The van der Waals surface area contributed by atoms with Gasteiger partial charge in [0.25, 0.3) is 0 Å². The number of aromatic nitrogens is 1. The average Bonchev–Trinajstić information content (AvgIpc) is 2.70. The lowest BCUT2D eigenvalue weighted by Gasteiger charge is -2.37. The second kappa shape index (κ2) is 8.24. The molecule has 0 aliphatic carbocycles. The number of piperazine rings is 1. The molecule has 4 rings (SSSR count). The Hall–Kier alpha value is -2.25. The van der Waals surface area contributed by atoms with E-state index in [1.165, 1.54) is 11.8 Å². The average molecular weight is 431 g/mol. The van der Waals surface area contributed by atoms with Crippen LogP contribution in [0.2, 0.25) is 5.02 Å². The molecule has 1 aromatic carbocycles. The summed E-state index contributed by atoms with van der Waals surface area (Å²) in [6.07, 6.45) is 0. The van der Waals surface area contributed by atoms with Crippen molar-refractivity contribution in [2.24, 2.45) is 0 Å². The van der Waals surface area contributed by atoms with Crippen molar-refractivity contribution in [3.63, 3.8) is 0 Å². The Balaban J connectivity index is 1.43. The van der Waals surface area contributed by atoms with E-state index in [4.69, 9.17) is 11.6 Å². The SMILES string of the molecule is Cc1cc(C)c2c(n1)SCC(=O)N2CC(=O)N1CCN(c2ccc(Cl)cc2)CC1. The first kappa shape index (κ1) is 20.0. The zero-order valence-corrected chi connectivity index (χ0v) is 18.1. The molecule has 0 N–H and O–H groups in total. The summed E-state index contributed by atoms with van der Waals surface area (Å²) in [6, 6.07) is 9.71. The predicted molar refractivity (Wildman–Crippen MR) is 117 cm³/mol. The molecule has 8 heteroatoms. The molecular formula is C21H23ClN4O2S. The number of amides is 2. The van der Waals surface area contributed by atoms with E-state index in [0.717, 1.165) is 40.7 Å². The minimum absolute atomic E-state index is 0.0214. The molecule has 152 valence electrons. The van der Waals surface area contributed by atoms with Crippen molar-refractivity contribution in [1.29, 1.82) is 0 Å². The van der Waals surface area contributed by atoms with E-state index in [1.54, 1.807) is 4.90 Å². The van der Waals surface area contributed by atoms with Gasteiger partial charge in [0.15, 0.2) is 0 Å². The maximum atomic E-state index is 13.0. The van der Waals surface area contributed by atoms with Crippen LogP contribution in [0.5, 0.6) is 0 Å². The Labute approximate surface area is 179 Å². The lowest BCUT2D eigenvalue weighted by molar-refractivity contribution is -0.131. The molecule has 3 heterocycles. The standard InChI is InChI=1S/C21H23ClN4O2S/c1-14-11-15(2)23-21-20(14)26(19(28)13-29-21)12-18(27)25-9-7-24(8-10-25)17-5-3-16(22)4-6-17/h3-6,11H,7-10,12-13H2,1-2H3. The van der Waals surface area contributed by atoms with Crippen LogP contribution < -0.4 is 9.80 Å². The van der Waals surface area contributed by atoms with Crippen LogP contribution in [0, 0.1) is 13.8 Å². The third kappa shape index (κ3) is 4.21. The largest absolute Gasteiger partial charge is 0.368 e. The molecule has 0 atom stereocenters. The molecule has 6 nitrogen and oxygen atoms in total. The zero-order valence-electron chi connectivity index (χ0n) is 16.5. The summed E-state index contributed by atoms with van der Waals surface area (Å²) < 4.78 is 0. The van der Waals surface area contributed by atoms with E-state index in [0.29, 0.717) is 23.9 Å². The Morgan fingerprint density at radius 2 is 1.83 bits per heavy atom. The van der Waals surface area contributed by atoms with Crippen LogP contribution in [-0.4, -0.2) is 60.2 Å². The number of aryl methyl sites for hydroxylation is 2. The van der Waals surface area contributed by atoms with Crippen LogP contribution in [0.25, 0.3) is 0 Å². The molecule has 0 bridgehead atoms. The highest BCUT2D eigenvalue weighted by molar-refractivity contribution is 8.00. The number of halogens is 1.